The number of carbonyl (C=O) groups is 1. The van der Waals surface area contributed by atoms with E-state index in [2.05, 4.69) is 24.3 Å². The Bertz CT molecular complexity index is 1470. The monoisotopic (exact) mass is 484 g/mol. The van der Waals surface area contributed by atoms with Gasteiger partial charge < -0.3 is 4.90 Å². The molecule has 1 saturated heterocycles. The summed E-state index contributed by atoms with van der Waals surface area (Å²) >= 11 is 0. The van der Waals surface area contributed by atoms with Gasteiger partial charge >= 0.3 is 0 Å². The molecule has 0 saturated carbocycles. The molecule has 5 rings (SSSR count). The predicted octanol–water partition coefficient (Wildman–Crippen LogP) is 5.61. The van der Waals surface area contributed by atoms with Gasteiger partial charge in [0.15, 0.2) is 9.84 Å². The highest BCUT2D eigenvalue weighted by Gasteiger charge is 2.35. The van der Waals surface area contributed by atoms with Crippen LogP contribution < -0.4 is 0 Å². The van der Waals surface area contributed by atoms with Gasteiger partial charge in [-0.1, -0.05) is 79.7 Å². The third-order valence-electron chi connectivity index (χ3n) is 6.61. The maximum atomic E-state index is 13.9. The van der Waals surface area contributed by atoms with E-state index in [9.17, 15) is 13.2 Å². The molecule has 0 bridgehead atoms. The Morgan fingerprint density at radius 3 is 2.26 bits per heavy atom. The molecule has 1 atom stereocenters. The summed E-state index contributed by atoms with van der Waals surface area (Å²) in [6, 6.07) is 27.6. The summed E-state index contributed by atoms with van der Waals surface area (Å²) in [6.07, 6.45) is 1.25. The van der Waals surface area contributed by atoms with Crippen molar-refractivity contribution in [2.75, 3.05) is 18.1 Å². The SMILES string of the molecule is CCCN(C(=O)c1cc(-c2ccc(-c3ccccc3)cc2)nc2ccccc12)C1CCS(=O)(=O)C1. The Morgan fingerprint density at radius 1 is 0.914 bits per heavy atom. The lowest BCUT2D eigenvalue weighted by Gasteiger charge is -2.28. The van der Waals surface area contributed by atoms with Gasteiger partial charge in [-0.25, -0.2) is 13.4 Å². The van der Waals surface area contributed by atoms with Crippen molar-refractivity contribution in [2.45, 2.75) is 25.8 Å². The third-order valence-corrected chi connectivity index (χ3v) is 8.36. The number of rotatable bonds is 6. The number of fused-ring (bicyclic) bond motifs is 1. The number of nitrogens with zero attached hydrogens (tertiary/aromatic N) is 2. The van der Waals surface area contributed by atoms with E-state index < -0.39 is 9.84 Å². The van der Waals surface area contributed by atoms with Gasteiger partial charge in [0.25, 0.3) is 5.91 Å². The summed E-state index contributed by atoms with van der Waals surface area (Å²) in [4.78, 5) is 20.5. The van der Waals surface area contributed by atoms with Gasteiger partial charge in [-0.15, -0.1) is 0 Å². The zero-order valence-electron chi connectivity index (χ0n) is 19.7. The van der Waals surface area contributed by atoms with E-state index in [4.69, 9.17) is 4.98 Å². The average Bonchev–Trinajstić information content (AvgIpc) is 3.26. The Morgan fingerprint density at radius 2 is 1.57 bits per heavy atom. The van der Waals surface area contributed by atoms with Crippen LogP contribution in [0.3, 0.4) is 0 Å². The standard InChI is InChI=1S/C29H28N2O3S/c1-2-17-31(24-16-18-35(33,34)20-24)29(32)26-19-28(30-27-11-7-6-10-25(26)27)23-14-12-22(13-15-23)21-8-4-3-5-9-21/h3-15,19,24H,2,16-18,20H2,1H3. The van der Waals surface area contributed by atoms with Crippen LogP contribution >= 0.6 is 0 Å². The molecule has 35 heavy (non-hydrogen) atoms. The lowest BCUT2D eigenvalue weighted by molar-refractivity contribution is 0.0699. The second-order valence-electron chi connectivity index (χ2n) is 9.07. The van der Waals surface area contributed by atoms with Crippen LogP contribution in [-0.2, 0) is 9.84 Å². The minimum atomic E-state index is -3.10. The fraction of sp³-hybridized carbons (Fsp3) is 0.241. The summed E-state index contributed by atoms with van der Waals surface area (Å²) in [6.45, 7) is 2.53. The maximum Gasteiger partial charge on any atom is 0.254 e. The molecule has 1 aromatic heterocycles. The molecule has 6 heteroatoms. The zero-order chi connectivity index (χ0) is 24.4. The Balaban J connectivity index is 1.55. The fourth-order valence-electron chi connectivity index (χ4n) is 4.83. The summed E-state index contributed by atoms with van der Waals surface area (Å²) in [5.41, 5.74) is 5.22. The number of carbonyl (C=O) groups excluding carboxylic acids is 1. The fourth-order valence-corrected chi connectivity index (χ4v) is 6.56. The number of para-hydroxylation sites is 1. The molecule has 4 aromatic rings. The average molecular weight is 485 g/mol. The molecule has 2 heterocycles. The first-order valence-corrected chi connectivity index (χ1v) is 13.8. The summed E-state index contributed by atoms with van der Waals surface area (Å²) in [5, 5.41) is 0.782. The highest BCUT2D eigenvalue weighted by molar-refractivity contribution is 7.91. The Hall–Kier alpha value is -3.51. The molecule has 1 amide bonds. The highest BCUT2D eigenvalue weighted by atomic mass is 32.2. The highest BCUT2D eigenvalue weighted by Crippen LogP contribution is 2.29. The molecule has 1 aliphatic heterocycles. The van der Waals surface area contributed by atoms with Crippen molar-refractivity contribution < 1.29 is 13.2 Å². The number of pyridine rings is 1. The molecule has 1 aliphatic rings. The summed E-state index contributed by atoms with van der Waals surface area (Å²) in [7, 11) is -3.10. The topological polar surface area (TPSA) is 67.3 Å². The van der Waals surface area contributed by atoms with E-state index in [1.165, 1.54) is 0 Å². The van der Waals surface area contributed by atoms with Gasteiger partial charge in [0.1, 0.15) is 0 Å². The smallest absolute Gasteiger partial charge is 0.254 e. The molecule has 1 fully saturated rings. The first-order chi connectivity index (χ1) is 16.9. The van der Waals surface area contributed by atoms with Crippen LogP contribution in [0.15, 0.2) is 84.9 Å². The first-order valence-electron chi connectivity index (χ1n) is 12.0. The van der Waals surface area contributed by atoms with Gasteiger partial charge in [-0.3, -0.25) is 4.79 Å². The molecule has 0 N–H and O–H groups in total. The largest absolute Gasteiger partial charge is 0.335 e. The van der Waals surface area contributed by atoms with Crippen molar-refractivity contribution >= 4 is 26.6 Å². The quantitative estimate of drug-likeness (QED) is 0.357. The van der Waals surface area contributed by atoms with Crippen LogP contribution in [0.25, 0.3) is 33.3 Å². The Labute approximate surface area is 206 Å². The first kappa shape index (κ1) is 23.2. The van der Waals surface area contributed by atoms with Gasteiger partial charge in [-0.05, 0) is 36.1 Å². The molecule has 3 aromatic carbocycles. The molecular formula is C29H28N2O3S. The summed E-state index contributed by atoms with van der Waals surface area (Å²) < 4.78 is 24.3. The lowest BCUT2D eigenvalue weighted by Crippen LogP contribution is -2.41. The number of hydrogen-bond donors (Lipinski definition) is 0. The van der Waals surface area contributed by atoms with Crippen molar-refractivity contribution in [3.8, 4) is 22.4 Å². The molecule has 5 nitrogen and oxygen atoms in total. The third kappa shape index (κ3) is 4.84. The van der Waals surface area contributed by atoms with E-state index in [1.54, 1.807) is 4.90 Å². The molecule has 0 radical (unpaired) electrons. The maximum absolute atomic E-state index is 13.9. The van der Waals surface area contributed by atoms with Crippen LogP contribution in [0, 0.1) is 0 Å². The minimum Gasteiger partial charge on any atom is -0.335 e. The molecule has 0 aliphatic carbocycles. The molecule has 0 spiro atoms. The van der Waals surface area contributed by atoms with Crippen molar-refractivity contribution in [1.29, 1.82) is 0 Å². The summed E-state index contributed by atoms with van der Waals surface area (Å²) in [5.74, 6) is 0.0475. The van der Waals surface area contributed by atoms with Gasteiger partial charge in [0, 0.05) is 23.5 Å². The van der Waals surface area contributed by atoms with E-state index in [0.29, 0.717) is 18.5 Å². The minimum absolute atomic E-state index is 0.0373. The van der Waals surface area contributed by atoms with Gasteiger partial charge in [0.2, 0.25) is 0 Å². The number of sulfone groups is 1. The van der Waals surface area contributed by atoms with E-state index in [-0.39, 0.29) is 23.5 Å². The van der Waals surface area contributed by atoms with E-state index in [1.807, 2.05) is 67.6 Å². The van der Waals surface area contributed by atoms with Crippen molar-refractivity contribution in [3.05, 3.63) is 90.5 Å². The lowest BCUT2D eigenvalue weighted by atomic mass is 10.00. The normalized spacial score (nSPS) is 16.9. The number of benzene rings is 3. The van der Waals surface area contributed by atoms with Crippen LogP contribution in [-0.4, -0.2) is 48.3 Å². The van der Waals surface area contributed by atoms with Crippen LogP contribution in [0.4, 0.5) is 0 Å². The van der Waals surface area contributed by atoms with Gasteiger partial charge in [0.05, 0.1) is 28.3 Å². The van der Waals surface area contributed by atoms with Crippen LogP contribution in [0.2, 0.25) is 0 Å². The predicted molar refractivity (Wildman–Crippen MR) is 141 cm³/mol. The van der Waals surface area contributed by atoms with Gasteiger partial charge in [-0.2, -0.15) is 0 Å². The second-order valence-corrected chi connectivity index (χ2v) is 11.3. The number of hydrogen-bond acceptors (Lipinski definition) is 4. The van der Waals surface area contributed by atoms with Crippen LogP contribution in [0.5, 0.6) is 0 Å². The molecule has 178 valence electrons. The van der Waals surface area contributed by atoms with Crippen LogP contribution in [0.1, 0.15) is 30.1 Å². The van der Waals surface area contributed by atoms with Crippen molar-refractivity contribution in [3.63, 3.8) is 0 Å². The number of amides is 1. The molecule has 1 unspecified atom stereocenters. The van der Waals surface area contributed by atoms with Crippen molar-refractivity contribution in [1.82, 2.24) is 9.88 Å². The van der Waals surface area contributed by atoms with E-state index in [0.717, 1.165) is 39.7 Å². The van der Waals surface area contributed by atoms with Crippen molar-refractivity contribution in [2.24, 2.45) is 0 Å². The van der Waals surface area contributed by atoms with E-state index >= 15 is 0 Å². The second kappa shape index (κ2) is 9.62. The zero-order valence-corrected chi connectivity index (χ0v) is 20.5. The molecular weight excluding hydrogens is 456 g/mol. The number of aromatic nitrogens is 1. The Kier molecular flexibility index (Phi) is 6.39.